The molecule has 13 heavy (non-hydrogen) atoms. The zero-order chi connectivity index (χ0) is 9.10. The number of hydrogen-bond donors (Lipinski definition) is 1. The highest BCUT2D eigenvalue weighted by atomic mass is 16.6. The van der Waals surface area contributed by atoms with Crippen molar-refractivity contribution in [3.63, 3.8) is 0 Å². The summed E-state index contributed by atoms with van der Waals surface area (Å²) in [7, 11) is 2.02. The van der Waals surface area contributed by atoms with Gasteiger partial charge in [0.25, 0.3) is 0 Å². The van der Waals surface area contributed by atoms with Gasteiger partial charge in [0.1, 0.15) is 0 Å². The number of epoxide rings is 1. The van der Waals surface area contributed by atoms with Gasteiger partial charge in [0.2, 0.25) is 0 Å². The molecule has 2 rings (SSSR count). The first-order chi connectivity index (χ1) is 6.34. The zero-order valence-electron chi connectivity index (χ0n) is 7.73. The summed E-state index contributed by atoms with van der Waals surface area (Å²) < 4.78 is 5.14. The second-order valence-corrected chi connectivity index (χ2v) is 3.31. The summed E-state index contributed by atoms with van der Waals surface area (Å²) in [5.41, 5.74) is 4.38. The van der Waals surface area contributed by atoms with Crippen molar-refractivity contribution in [1.82, 2.24) is 5.01 Å². The van der Waals surface area contributed by atoms with Gasteiger partial charge in [-0.25, -0.2) is 5.01 Å². The fraction of sp³-hybridized carbons (Fsp3) is 0.400. The van der Waals surface area contributed by atoms with E-state index in [0.717, 1.165) is 18.8 Å². The normalized spacial score (nSPS) is 20.3. The van der Waals surface area contributed by atoms with Crippen molar-refractivity contribution in [2.24, 2.45) is 0 Å². The average molecular weight is 178 g/mol. The molecule has 70 valence electrons. The molecule has 0 bridgehead atoms. The third-order valence-electron chi connectivity index (χ3n) is 1.97. The molecule has 0 aliphatic carbocycles. The molecule has 3 nitrogen and oxygen atoms in total. The van der Waals surface area contributed by atoms with Gasteiger partial charge in [-0.15, -0.1) is 0 Å². The fourth-order valence-electron chi connectivity index (χ4n) is 1.26. The van der Waals surface area contributed by atoms with Crippen molar-refractivity contribution in [3.8, 4) is 0 Å². The lowest BCUT2D eigenvalue weighted by Crippen LogP contribution is -2.29. The molecule has 3 heteroatoms. The van der Waals surface area contributed by atoms with Crippen LogP contribution in [0.5, 0.6) is 0 Å². The SMILES string of the molecule is CN(CC1CO1)Nc1ccccc1. The number of para-hydroxylation sites is 1. The second-order valence-electron chi connectivity index (χ2n) is 3.31. The molecule has 1 fully saturated rings. The van der Waals surface area contributed by atoms with Crippen LogP contribution in [0, 0.1) is 0 Å². The largest absolute Gasteiger partial charge is 0.372 e. The third-order valence-corrected chi connectivity index (χ3v) is 1.97. The molecule has 0 aromatic heterocycles. The number of nitrogens with one attached hydrogen (secondary N) is 1. The predicted octanol–water partition coefficient (Wildman–Crippen LogP) is 1.34. The van der Waals surface area contributed by atoms with Gasteiger partial charge in [0, 0.05) is 19.3 Å². The van der Waals surface area contributed by atoms with Gasteiger partial charge in [-0.05, 0) is 12.1 Å². The lowest BCUT2D eigenvalue weighted by molar-refractivity contribution is 0.320. The third kappa shape index (κ3) is 2.72. The first-order valence-corrected chi connectivity index (χ1v) is 4.49. The highest BCUT2D eigenvalue weighted by Gasteiger charge is 2.23. The molecule has 1 aromatic carbocycles. The maximum atomic E-state index is 5.14. The Bertz CT molecular complexity index is 259. The maximum absolute atomic E-state index is 5.14. The molecule has 0 spiro atoms. The van der Waals surface area contributed by atoms with Crippen LogP contribution in [0.3, 0.4) is 0 Å². The van der Waals surface area contributed by atoms with Gasteiger partial charge in [0.15, 0.2) is 0 Å². The van der Waals surface area contributed by atoms with Crippen LogP contribution >= 0.6 is 0 Å². The maximum Gasteiger partial charge on any atom is 0.0954 e. The van der Waals surface area contributed by atoms with Crippen molar-refractivity contribution in [2.45, 2.75) is 6.10 Å². The van der Waals surface area contributed by atoms with E-state index >= 15 is 0 Å². The van der Waals surface area contributed by atoms with Crippen LogP contribution in [0.2, 0.25) is 0 Å². The zero-order valence-corrected chi connectivity index (χ0v) is 7.73. The molecule has 1 unspecified atom stereocenters. The van der Waals surface area contributed by atoms with Crippen LogP contribution in [0.25, 0.3) is 0 Å². The van der Waals surface area contributed by atoms with Crippen molar-refractivity contribution in [1.29, 1.82) is 0 Å². The Labute approximate surface area is 78.3 Å². The minimum atomic E-state index is 0.432. The van der Waals surface area contributed by atoms with Crippen LogP contribution in [0.15, 0.2) is 30.3 Å². The van der Waals surface area contributed by atoms with Gasteiger partial charge in [0.05, 0.1) is 12.7 Å². The van der Waals surface area contributed by atoms with Crippen molar-refractivity contribution in [2.75, 3.05) is 25.6 Å². The highest BCUT2D eigenvalue weighted by molar-refractivity contribution is 5.41. The second kappa shape index (κ2) is 3.77. The number of likely N-dealkylation sites (N-methyl/N-ethyl adjacent to an activating group) is 1. The van der Waals surface area contributed by atoms with Gasteiger partial charge < -0.3 is 10.2 Å². The molecule has 0 amide bonds. The summed E-state index contributed by atoms with van der Waals surface area (Å²) >= 11 is 0. The molecule has 0 saturated carbocycles. The van der Waals surface area contributed by atoms with Gasteiger partial charge in [-0.3, -0.25) is 0 Å². The topological polar surface area (TPSA) is 27.8 Å². The molecular weight excluding hydrogens is 164 g/mol. The molecule has 1 N–H and O–H groups in total. The molecule has 1 aliphatic heterocycles. The molecule has 0 radical (unpaired) electrons. The number of anilines is 1. The summed E-state index contributed by atoms with van der Waals surface area (Å²) in [5, 5.41) is 2.05. The molecule has 1 atom stereocenters. The van der Waals surface area contributed by atoms with Crippen LogP contribution in [-0.4, -0.2) is 31.3 Å². The Kier molecular flexibility index (Phi) is 2.47. The Hall–Kier alpha value is -1.06. The standard InChI is InChI=1S/C10H14N2O/c1-12(7-10-8-13-10)11-9-5-3-2-4-6-9/h2-6,10-11H,7-8H2,1H3. The molecule has 1 aliphatic rings. The first-order valence-electron chi connectivity index (χ1n) is 4.49. The predicted molar refractivity (Wildman–Crippen MR) is 52.4 cm³/mol. The number of ether oxygens (including phenoxy) is 1. The van der Waals surface area contributed by atoms with Crippen molar-refractivity contribution >= 4 is 5.69 Å². The summed E-state index contributed by atoms with van der Waals surface area (Å²) in [6.45, 7) is 1.84. The number of benzene rings is 1. The number of hydrazine groups is 1. The highest BCUT2D eigenvalue weighted by Crippen LogP contribution is 2.11. The Morgan fingerprint density at radius 3 is 2.77 bits per heavy atom. The fourth-order valence-corrected chi connectivity index (χ4v) is 1.26. The summed E-state index contributed by atoms with van der Waals surface area (Å²) in [4.78, 5) is 0. The Balaban J connectivity index is 1.82. The quantitative estimate of drug-likeness (QED) is 0.557. The van der Waals surface area contributed by atoms with Crippen molar-refractivity contribution < 1.29 is 4.74 Å². The van der Waals surface area contributed by atoms with E-state index in [1.165, 1.54) is 0 Å². The van der Waals surface area contributed by atoms with Crippen LogP contribution in [-0.2, 0) is 4.74 Å². The summed E-state index contributed by atoms with van der Waals surface area (Å²) in [6.07, 6.45) is 0.432. The molecule has 1 saturated heterocycles. The van der Waals surface area contributed by atoms with E-state index in [1.807, 2.05) is 42.4 Å². The van der Waals surface area contributed by atoms with E-state index in [4.69, 9.17) is 4.74 Å². The van der Waals surface area contributed by atoms with E-state index in [2.05, 4.69) is 5.43 Å². The number of nitrogens with zero attached hydrogens (tertiary/aromatic N) is 1. The smallest absolute Gasteiger partial charge is 0.0954 e. The Morgan fingerprint density at radius 1 is 1.46 bits per heavy atom. The molecular formula is C10H14N2O. The van der Waals surface area contributed by atoms with Gasteiger partial charge in [-0.2, -0.15) is 0 Å². The summed E-state index contributed by atoms with van der Waals surface area (Å²) in [5.74, 6) is 0. The number of rotatable bonds is 4. The van der Waals surface area contributed by atoms with E-state index in [-0.39, 0.29) is 0 Å². The summed E-state index contributed by atoms with van der Waals surface area (Å²) in [6, 6.07) is 10.1. The van der Waals surface area contributed by atoms with E-state index in [0.29, 0.717) is 6.10 Å². The minimum absolute atomic E-state index is 0.432. The number of hydrogen-bond acceptors (Lipinski definition) is 3. The Morgan fingerprint density at radius 2 is 2.15 bits per heavy atom. The average Bonchev–Trinajstić information content (AvgIpc) is 2.90. The molecule has 1 heterocycles. The monoisotopic (exact) mass is 178 g/mol. The first kappa shape index (κ1) is 8.53. The lowest BCUT2D eigenvalue weighted by atomic mass is 10.3. The molecule has 1 aromatic rings. The van der Waals surface area contributed by atoms with E-state index in [9.17, 15) is 0 Å². The van der Waals surface area contributed by atoms with Crippen LogP contribution in [0.4, 0.5) is 5.69 Å². The minimum Gasteiger partial charge on any atom is -0.372 e. The van der Waals surface area contributed by atoms with Crippen molar-refractivity contribution in [3.05, 3.63) is 30.3 Å². The van der Waals surface area contributed by atoms with Gasteiger partial charge in [-0.1, -0.05) is 18.2 Å². The van der Waals surface area contributed by atoms with Gasteiger partial charge >= 0.3 is 0 Å². The van der Waals surface area contributed by atoms with E-state index < -0.39 is 0 Å². The van der Waals surface area contributed by atoms with Crippen LogP contribution in [0.1, 0.15) is 0 Å². The van der Waals surface area contributed by atoms with Crippen LogP contribution < -0.4 is 5.43 Å². The van der Waals surface area contributed by atoms with E-state index in [1.54, 1.807) is 0 Å². The lowest BCUT2D eigenvalue weighted by Gasteiger charge is -2.17.